The highest BCUT2D eigenvalue weighted by Crippen LogP contribution is 2.20. The predicted octanol–water partition coefficient (Wildman–Crippen LogP) is 4.57. The van der Waals surface area contributed by atoms with E-state index in [2.05, 4.69) is 19.2 Å². The second kappa shape index (κ2) is 6.97. The van der Waals surface area contributed by atoms with Crippen LogP contribution in [0.4, 0.5) is 4.39 Å². The van der Waals surface area contributed by atoms with E-state index >= 15 is 0 Å². The molecule has 17 heavy (non-hydrogen) atoms. The first-order valence-corrected chi connectivity index (χ1v) is 6.57. The molecule has 0 aliphatic carbocycles. The third kappa shape index (κ3) is 5.05. The zero-order chi connectivity index (χ0) is 12.8. The molecule has 1 N–H and O–H groups in total. The van der Waals surface area contributed by atoms with Gasteiger partial charge in [-0.2, -0.15) is 0 Å². The summed E-state index contributed by atoms with van der Waals surface area (Å²) in [6, 6.07) is 5.14. The van der Waals surface area contributed by atoms with Gasteiger partial charge in [0.2, 0.25) is 0 Å². The number of halogens is 2. The predicted molar refractivity (Wildman–Crippen MR) is 71.9 cm³/mol. The van der Waals surface area contributed by atoms with E-state index in [1.807, 2.05) is 13.0 Å². The van der Waals surface area contributed by atoms with E-state index in [9.17, 15) is 4.39 Å². The Hall–Kier alpha value is -0.600. The topological polar surface area (TPSA) is 12.0 Å². The van der Waals surface area contributed by atoms with Gasteiger partial charge in [0.1, 0.15) is 5.82 Å². The lowest BCUT2D eigenvalue weighted by molar-refractivity contribution is 0.496. The second-order valence-electron chi connectivity index (χ2n) is 4.89. The summed E-state index contributed by atoms with van der Waals surface area (Å²) >= 11 is 5.65. The minimum Gasteiger partial charge on any atom is -0.310 e. The van der Waals surface area contributed by atoms with Crippen LogP contribution in [0.1, 0.15) is 45.2 Å². The summed E-state index contributed by atoms with van der Waals surface area (Å²) in [5.41, 5.74) is 0.941. The first-order chi connectivity index (χ1) is 8.00. The van der Waals surface area contributed by atoms with E-state index < -0.39 is 0 Å². The maximum Gasteiger partial charge on any atom is 0.142 e. The van der Waals surface area contributed by atoms with Crippen molar-refractivity contribution in [3.63, 3.8) is 0 Å². The fraction of sp³-hybridized carbons (Fsp3) is 0.571. The summed E-state index contributed by atoms with van der Waals surface area (Å²) in [5, 5.41) is 3.57. The van der Waals surface area contributed by atoms with E-state index in [-0.39, 0.29) is 16.9 Å². The van der Waals surface area contributed by atoms with Gasteiger partial charge in [0.15, 0.2) is 0 Å². The summed E-state index contributed by atoms with van der Waals surface area (Å²) in [6.07, 6.45) is 2.37. The highest BCUT2D eigenvalue weighted by atomic mass is 35.5. The van der Waals surface area contributed by atoms with E-state index in [0.29, 0.717) is 0 Å². The van der Waals surface area contributed by atoms with Crippen LogP contribution in [0, 0.1) is 11.7 Å². The van der Waals surface area contributed by atoms with Crippen molar-refractivity contribution in [2.45, 2.75) is 39.7 Å². The summed E-state index contributed by atoms with van der Waals surface area (Å²) < 4.78 is 13.3. The van der Waals surface area contributed by atoms with Crippen molar-refractivity contribution in [3.05, 3.63) is 34.6 Å². The number of nitrogens with one attached hydrogen (secondary N) is 1. The molecule has 96 valence electrons. The molecule has 1 aromatic rings. The molecule has 1 aromatic carbocycles. The van der Waals surface area contributed by atoms with Crippen LogP contribution in [0.15, 0.2) is 18.2 Å². The smallest absolute Gasteiger partial charge is 0.142 e. The van der Waals surface area contributed by atoms with Crippen molar-refractivity contribution in [1.29, 1.82) is 0 Å². The molecule has 0 aliphatic heterocycles. The monoisotopic (exact) mass is 257 g/mol. The van der Waals surface area contributed by atoms with E-state index in [0.717, 1.165) is 24.4 Å². The van der Waals surface area contributed by atoms with Gasteiger partial charge in [-0.25, -0.2) is 4.39 Å². The van der Waals surface area contributed by atoms with E-state index in [1.165, 1.54) is 12.5 Å². The summed E-state index contributed by atoms with van der Waals surface area (Å²) in [4.78, 5) is 0. The largest absolute Gasteiger partial charge is 0.310 e. The Morgan fingerprint density at radius 3 is 2.59 bits per heavy atom. The first kappa shape index (κ1) is 14.5. The number of benzene rings is 1. The van der Waals surface area contributed by atoms with Gasteiger partial charge in [0, 0.05) is 6.04 Å². The maximum absolute atomic E-state index is 13.3. The normalized spacial score (nSPS) is 13.1. The molecular formula is C14H21ClFN. The number of hydrogen-bond acceptors (Lipinski definition) is 1. The van der Waals surface area contributed by atoms with E-state index in [4.69, 9.17) is 11.6 Å². The Morgan fingerprint density at radius 1 is 1.29 bits per heavy atom. The molecule has 1 unspecified atom stereocenters. The zero-order valence-electron chi connectivity index (χ0n) is 10.8. The number of rotatable bonds is 6. The highest BCUT2D eigenvalue weighted by molar-refractivity contribution is 6.30. The zero-order valence-corrected chi connectivity index (χ0v) is 11.5. The fourth-order valence-corrected chi connectivity index (χ4v) is 1.85. The van der Waals surface area contributed by atoms with Crippen molar-refractivity contribution < 1.29 is 4.39 Å². The Balaban J connectivity index is 2.41. The minimum atomic E-state index is -0.347. The van der Waals surface area contributed by atoms with Gasteiger partial charge >= 0.3 is 0 Å². The van der Waals surface area contributed by atoms with Gasteiger partial charge in [-0.05, 0) is 49.9 Å². The SMILES string of the molecule is CC(C)CCCNC(C)c1ccc(Cl)c(F)c1. The fourth-order valence-electron chi connectivity index (χ4n) is 1.73. The van der Waals surface area contributed by atoms with Crippen LogP contribution in [-0.2, 0) is 0 Å². The third-order valence-electron chi connectivity index (χ3n) is 2.85. The lowest BCUT2D eigenvalue weighted by atomic mass is 10.1. The molecule has 0 bridgehead atoms. The van der Waals surface area contributed by atoms with Crippen molar-refractivity contribution in [3.8, 4) is 0 Å². The molecule has 0 aromatic heterocycles. The average molecular weight is 258 g/mol. The van der Waals surface area contributed by atoms with Gasteiger partial charge in [-0.1, -0.05) is 31.5 Å². The van der Waals surface area contributed by atoms with Crippen LogP contribution in [-0.4, -0.2) is 6.54 Å². The molecule has 0 saturated carbocycles. The van der Waals surface area contributed by atoms with Crippen LogP contribution >= 0.6 is 11.6 Å². The van der Waals surface area contributed by atoms with Gasteiger partial charge < -0.3 is 5.32 Å². The molecular weight excluding hydrogens is 237 g/mol. The molecule has 0 radical (unpaired) electrons. The molecule has 0 amide bonds. The van der Waals surface area contributed by atoms with Gasteiger partial charge in [-0.3, -0.25) is 0 Å². The molecule has 0 aliphatic rings. The lowest BCUT2D eigenvalue weighted by Crippen LogP contribution is -2.20. The molecule has 0 saturated heterocycles. The van der Waals surface area contributed by atoms with Crippen LogP contribution in [0.25, 0.3) is 0 Å². The molecule has 0 spiro atoms. The van der Waals surface area contributed by atoms with Crippen LogP contribution < -0.4 is 5.32 Å². The Kier molecular flexibility index (Phi) is 5.93. The van der Waals surface area contributed by atoms with Crippen LogP contribution in [0.2, 0.25) is 5.02 Å². The molecule has 0 heterocycles. The van der Waals surface area contributed by atoms with Gasteiger partial charge in [-0.15, -0.1) is 0 Å². The number of hydrogen-bond donors (Lipinski definition) is 1. The summed E-state index contributed by atoms with van der Waals surface area (Å²) in [6.45, 7) is 7.44. The minimum absolute atomic E-state index is 0.161. The van der Waals surface area contributed by atoms with Crippen molar-refractivity contribution >= 4 is 11.6 Å². The summed E-state index contributed by atoms with van der Waals surface area (Å²) in [5.74, 6) is 0.389. The molecule has 3 heteroatoms. The summed E-state index contributed by atoms with van der Waals surface area (Å²) in [7, 11) is 0. The Labute approximate surface area is 108 Å². The Morgan fingerprint density at radius 2 is 2.00 bits per heavy atom. The first-order valence-electron chi connectivity index (χ1n) is 6.19. The van der Waals surface area contributed by atoms with Crippen molar-refractivity contribution in [1.82, 2.24) is 5.32 Å². The standard InChI is InChI=1S/C14H21ClFN/c1-10(2)5-4-8-17-11(3)12-6-7-13(15)14(16)9-12/h6-7,9-11,17H,4-5,8H2,1-3H3. The highest BCUT2D eigenvalue weighted by Gasteiger charge is 2.07. The molecule has 0 fully saturated rings. The average Bonchev–Trinajstić information content (AvgIpc) is 2.27. The van der Waals surface area contributed by atoms with Crippen LogP contribution in [0.5, 0.6) is 0 Å². The third-order valence-corrected chi connectivity index (χ3v) is 3.16. The van der Waals surface area contributed by atoms with Gasteiger partial charge in [0.05, 0.1) is 5.02 Å². The Bertz CT molecular complexity index is 352. The molecule has 1 atom stereocenters. The molecule has 1 nitrogen and oxygen atoms in total. The quantitative estimate of drug-likeness (QED) is 0.737. The van der Waals surface area contributed by atoms with Crippen molar-refractivity contribution in [2.24, 2.45) is 5.92 Å². The molecule has 1 rings (SSSR count). The lowest BCUT2D eigenvalue weighted by Gasteiger charge is -2.15. The van der Waals surface area contributed by atoms with Crippen molar-refractivity contribution in [2.75, 3.05) is 6.54 Å². The van der Waals surface area contributed by atoms with Gasteiger partial charge in [0.25, 0.3) is 0 Å². The maximum atomic E-state index is 13.3. The van der Waals surface area contributed by atoms with Crippen LogP contribution in [0.3, 0.4) is 0 Å². The van der Waals surface area contributed by atoms with E-state index in [1.54, 1.807) is 6.07 Å². The second-order valence-corrected chi connectivity index (χ2v) is 5.29.